The lowest BCUT2D eigenvalue weighted by atomic mass is 9.97. The van der Waals surface area contributed by atoms with Gasteiger partial charge in [-0.15, -0.1) is 0 Å². The number of benzene rings is 1. The number of anilines is 1. The Balaban J connectivity index is 0.000000298. The van der Waals surface area contributed by atoms with Crippen LogP contribution in [0.15, 0.2) is 36.5 Å². The van der Waals surface area contributed by atoms with Crippen molar-refractivity contribution in [1.29, 1.82) is 0 Å². The lowest BCUT2D eigenvalue weighted by Crippen LogP contribution is -2.24. The van der Waals surface area contributed by atoms with Crippen molar-refractivity contribution >= 4 is 5.69 Å². The van der Waals surface area contributed by atoms with Gasteiger partial charge in [-0.25, -0.2) is 4.98 Å². The SMILES string of the molecule is CCCCCCC.COc1ccc(-c2ccc3c(c2)CCCN3C)cn1. The van der Waals surface area contributed by atoms with E-state index in [0.29, 0.717) is 5.88 Å². The van der Waals surface area contributed by atoms with Crippen LogP contribution in [0.4, 0.5) is 5.69 Å². The van der Waals surface area contributed by atoms with Crippen LogP contribution in [0.2, 0.25) is 0 Å². The highest BCUT2D eigenvalue weighted by Crippen LogP contribution is 2.30. The monoisotopic (exact) mass is 354 g/mol. The molecule has 1 aliphatic rings. The highest BCUT2D eigenvalue weighted by molar-refractivity contribution is 5.69. The van der Waals surface area contributed by atoms with E-state index in [1.165, 1.54) is 55.3 Å². The van der Waals surface area contributed by atoms with Crippen molar-refractivity contribution in [2.45, 2.75) is 58.8 Å². The van der Waals surface area contributed by atoms with Gasteiger partial charge in [-0.05, 0) is 42.2 Å². The maximum absolute atomic E-state index is 5.09. The summed E-state index contributed by atoms with van der Waals surface area (Å²) in [7, 11) is 3.79. The number of hydrogen-bond acceptors (Lipinski definition) is 3. The van der Waals surface area contributed by atoms with Crippen molar-refractivity contribution in [3.63, 3.8) is 0 Å². The summed E-state index contributed by atoms with van der Waals surface area (Å²) in [4.78, 5) is 6.60. The van der Waals surface area contributed by atoms with Crippen LogP contribution in [-0.2, 0) is 6.42 Å². The van der Waals surface area contributed by atoms with Gasteiger partial charge in [0.2, 0.25) is 5.88 Å². The molecule has 0 bridgehead atoms. The van der Waals surface area contributed by atoms with Crippen LogP contribution in [0, 0.1) is 0 Å². The predicted molar refractivity (Wildman–Crippen MR) is 112 cm³/mol. The summed E-state index contributed by atoms with van der Waals surface area (Å²) >= 11 is 0. The predicted octanol–water partition coefficient (Wildman–Crippen LogP) is 6.12. The molecule has 0 saturated heterocycles. The van der Waals surface area contributed by atoms with E-state index in [2.05, 4.69) is 55.0 Å². The van der Waals surface area contributed by atoms with E-state index in [9.17, 15) is 0 Å². The van der Waals surface area contributed by atoms with Gasteiger partial charge < -0.3 is 9.64 Å². The minimum absolute atomic E-state index is 0.654. The van der Waals surface area contributed by atoms with Crippen molar-refractivity contribution < 1.29 is 4.74 Å². The van der Waals surface area contributed by atoms with E-state index in [1.54, 1.807) is 7.11 Å². The van der Waals surface area contributed by atoms with Gasteiger partial charge in [-0.1, -0.05) is 52.0 Å². The van der Waals surface area contributed by atoms with Gasteiger partial charge in [-0.3, -0.25) is 0 Å². The van der Waals surface area contributed by atoms with Gasteiger partial charge in [0.25, 0.3) is 0 Å². The van der Waals surface area contributed by atoms with Crippen LogP contribution >= 0.6 is 0 Å². The Morgan fingerprint density at radius 3 is 2.35 bits per heavy atom. The van der Waals surface area contributed by atoms with Crippen LogP contribution < -0.4 is 9.64 Å². The molecular formula is C23H34N2O. The fraction of sp³-hybridized carbons (Fsp3) is 0.522. The zero-order valence-corrected chi connectivity index (χ0v) is 16.9. The third-order valence-corrected chi connectivity index (χ3v) is 4.92. The maximum atomic E-state index is 5.09. The first-order valence-corrected chi connectivity index (χ1v) is 10.0. The molecule has 1 aromatic heterocycles. The summed E-state index contributed by atoms with van der Waals surface area (Å²) in [6.45, 7) is 5.64. The number of pyridine rings is 1. The number of rotatable bonds is 6. The molecule has 0 N–H and O–H groups in total. The topological polar surface area (TPSA) is 25.4 Å². The maximum Gasteiger partial charge on any atom is 0.212 e. The van der Waals surface area contributed by atoms with Crippen LogP contribution in [0.25, 0.3) is 11.1 Å². The van der Waals surface area contributed by atoms with E-state index >= 15 is 0 Å². The number of aryl methyl sites for hydroxylation is 1. The Labute approximate surface area is 159 Å². The average Bonchev–Trinajstić information content (AvgIpc) is 2.69. The highest BCUT2D eigenvalue weighted by Gasteiger charge is 2.14. The van der Waals surface area contributed by atoms with Crippen LogP contribution in [-0.4, -0.2) is 25.7 Å². The standard InChI is InChI=1S/C16H18N2O.C7H16/c1-18-9-3-4-13-10-12(5-7-15(13)18)14-6-8-16(19-2)17-11-14;1-3-5-7-6-4-2/h5-8,10-11H,3-4,9H2,1-2H3;3-7H2,1-2H3. The van der Waals surface area contributed by atoms with E-state index in [4.69, 9.17) is 4.74 Å². The molecule has 0 atom stereocenters. The van der Waals surface area contributed by atoms with Crippen LogP contribution in [0.5, 0.6) is 5.88 Å². The molecule has 0 fully saturated rings. The molecule has 0 aliphatic carbocycles. The number of methoxy groups -OCH3 is 1. The molecule has 3 nitrogen and oxygen atoms in total. The second-order valence-corrected chi connectivity index (χ2v) is 7.02. The second kappa shape index (κ2) is 10.8. The Morgan fingerprint density at radius 2 is 1.73 bits per heavy atom. The lowest BCUT2D eigenvalue weighted by molar-refractivity contribution is 0.398. The Morgan fingerprint density at radius 1 is 1.00 bits per heavy atom. The summed E-state index contributed by atoms with van der Waals surface area (Å²) in [6, 6.07) is 10.6. The zero-order valence-electron chi connectivity index (χ0n) is 16.9. The van der Waals surface area contributed by atoms with Crippen LogP contribution in [0.3, 0.4) is 0 Å². The van der Waals surface area contributed by atoms with E-state index in [-0.39, 0.29) is 0 Å². The van der Waals surface area contributed by atoms with Crippen molar-refractivity contribution in [3.8, 4) is 17.0 Å². The molecule has 1 aliphatic heterocycles. The zero-order chi connectivity index (χ0) is 18.8. The number of nitrogens with zero attached hydrogens (tertiary/aromatic N) is 2. The normalized spacial score (nSPS) is 12.8. The Kier molecular flexibility index (Phi) is 8.46. The number of fused-ring (bicyclic) bond motifs is 1. The third kappa shape index (κ3) is 5.76. The molecule has 0 spiro atoms. The van der Waals surface area contributed by atoms with E-state index < -0.39 is 0 Å². The van der Waals surface area contributed by atoms with Crippen molar-refractivity contribution in [2.75, 3.05) is 25.6 Å². The molecular weight excluding hydrogens is 320 g/mol. The third-order valence-electron chi connectivity index (χ3n) is 4.92. The molecule has 0 radical (unpaired) electrons. The van der Waals surface area contributed by atoms with Gasteiger partial charge >= 0.3 is 0 Å². The van der Waals surface area contributed by atoms with E-state index in [1.807, 2.05) is 12.3 Å². The summed E-state index contributed by atoms with van der Waals surface area (Å²) < 4.78 is 5.09. The van der Waals surface area contributed by atoms with Crippen molar-refractivity contribution in [1.82, 2.24) is 4.98 Å². The van der Waals surface area contributed by atoms with Gasteiger partial charge in [-0.2, -0.15) is 0 Å². The number of aromatic nitrogens is 1. The fourth-order valence-corrected chi connectivity index (χ4v) is 3.31. The highest BCUT2D eigenvalue weighted by atomic mass is 16.5. The molecule has 142 valence electrons. The minimum atomic E-state index is 0.654. The molecule has 3 heteroatoms. The smallest absolute Gasteiger partial charge is 0.212 e. The van der Waals surface area contributed by atoms with Gasteiger partial charge in [0.05, 0.1) is 7.11 Å². The first-order chi connectivity index (χ1) is 12.7. The molecule has 1 aromatic carbocycles. The van der Waals surface area contributed by atoms with E-state index in [0.717, 1.165) is 18.5 Å². The summed E-state index contributed by atoms with van der Waals surface area (Å²) in [6.07, 6.45) is 11.3. The molecule has 2 aromatic rings. The fourth-order valence-electron chi connectivity index (χ4n) is 3.31. The number of unbranched alkanes of at least 4 members (excludes halogenated alkanes) is 4. The molecule has 2 heterocycles. The lowest BCUT2D eigenvalue weighted by Gasteiger charge is -2.27. The summed E-state index contributed by atoms with van der Waals surface area (Å²) in [5.74, 6) is 0.654. The molecule has 26 heavy (non-hydrogen) atoms. The molecule has 3 rings (SSSR count). The molecule has 0 saturated carbocycles. The van der Waals surface area contributed by atoms with Crippen LogP contribution in [0.1, 0.15) is 57.9 Å². The van der Waals surface area contributed by atoms with Gasteiger partial charge in [0, 0.05) is 37.1 Å². The quantitative estimate of drug-likeness (QED) is 0.585. The van der Waals surface area contributed by atoms with Crippen molar-refractivity contribution in [3.05, 3.63) is 42.1 Å². The first-order valence-electron chi connectivity index (χ1n) is 10.0. The molecule has 0 unspecified atom stereocenters. The first kappa shape index (κ1) is 20.3. The Hall–Kier alpha value is -2.03. The summed E-state index contributed by atoms with van der Waals surface area (Å²) in [5, 5.41) is 0. The largest absolute Gasteiger partial charge is 0.481 e. The summed E-state index contributed by atoms with van der Waals surface area (Å²) in [5.41, 5.74) is 5.15. The Bertz CT molecular complexity index is 648. The minimum Gasteiger partial charge on any atom is -0.481 e. The average molecular weight is 355 g/mol. The van der Waals surface area contributed by atoms with Gasteiger partial charge in [0.1, 0.15) is 0 Å². The molecule has 0 amide bonds. The second-order valence-electron chi connectivity index (χ2n) is 7.02. The number of hydrogen-bond donors (Lipinski definition) is 0. The van der Waals surface area contributed by atoms with Gasteiger partial charge in [0.15, 0.2) is 0 Å². The number of ether oxygens (including phenoxy) is 1. The van der Waals surface area contributed by atoms with Crippen molar-refractivity contribution in [2.24, 2.45) is 0 Å².